The zero-order valence-corrected chi connectivity index (χ0v) is 13.3. The van der Waals surface area contributed by atoms with Crippen LogP contribution in [-0.2, 0) is 16.0 Å². The normalized spacial score (nSPS) is 26.0. The van der Waals surface area contributed by atoms with Gasteiger partial charge in [-0.2, -0.15) is 5.10 Å². The van der Waals surface area contributed by atoms with Gasteiger partial charge in [0, 0.05) is 24.1 Å². The summed E-state index contributed by atoms with van der Waals surface area (Å²) in [6.07, 6.45) is 4.47. The minimum absolute atomic E-state index is 0.0571. The first-order valence-corrected chi connectivity index (χ1v) is 8.50. The molecule has 5 heteroatoms. The van der Waals surface area contributed by atoms with Crippen molar-refractivity contribution in [3.8, 4) is 0 Å². The number of hydrazone groups is 1. The van der Waals surface area contributed by atoms with Crippen molar-refractivity contribution in [2.24, 2.45) is 16.9 Å². The summed E-state index contributed by atoms with van der Waals surface area (Å²) in [5.41, 5.74) is 6.82. The second kappa shape index (κ2) is 5.48. The zero-order valence-electron chi connectivity index (χ0n) is 13.3. The zero-order chi connectivity index (χ0) is 16.0. The molecule has 1 fully saturated rings. The van der Waals surface area contributed by atoms with Crippen LogP contribution >= 0.6 is 0 Å². The van der Waals surface area contributed by atoms with Crippen LogP contribution < -0.4 is 10.3 Å². The SMILES string of the molecule is CCCN1C(=O)Cc2cc(C3=NNC(=O)C4CCCC34)ccc21. The molecule has 2 heterocycles. The maximum absolute atomic E-state index is 12.2. The molecule has 4 rings (SSSR count). The van der Waals surface area contributed by atoms with Gasteiger partial charge in [0.25, 0.3) is 0 Å². The number of anilines is 1. The largest absolute Gasteiger partial charge is 0.312 e. The predicted octanol–water partition coefficient (Wildman–Crippen LogP) is 2.24. The molecule has 2 aliphatic heterocycles. The Kier molecular flexibility index (Phi) is 3.43. The van der Waals surface area contributed by atoms with Gasteiger partial charge in [0.05, 0.1) is 12.1 Å². The summed E-state index contributed by atoms with van der Waals surface area (Å²) < 4.78 is 0. The van der Waals surface area contributed by atoms with E-state index in [-0.39, 0.29) is 23.7 Å². The van der Waals surface area contributed by atoms with Crippen LogP contribution in [0.25, 0.3) is 0 Å². The Morgan fingerprint density at radius 1 is 1.26 bits per heavy atom. The van der Waals surface area contributed by atoms with E-state index < -0.39 is 0 Å². The van der Waals surface area contributed by atoms with Gasteiger partial charge < -0.3 is 4.90 Å². The van der Waals surface area contributed by atoms with Gasteiger partial charge in [-0.05, 0) is 42.5 Å². The van der Waals surface area contributed by atoms with Crippen LogP contribution in [0.1, 0.15) is 43.7 Å². The van der Waals surface area contributed by atoms with Gasteiger partial charge in [0.1, 0.15) is 0 Å². The molecule has 3 aliphatic rings. The Hall–Kier alpha value is -2.17. The number of hydrogen-bond acceptors (Lipinski definition) is 3. The van der Waals surface area contributed by atoms with Crippen LogP contribution in [0.5, 0.6) is 0 Å². The number of carbonyl (C=O) groups is 2. The molecule has 1 aromatic rings. The second-order valence-corrected chi connectivity index (χ2v) is 6.68. The Bertz CT molecular complexity index is 710. The van der Waals surface area contributed by atoms with Crippen LogP contribution in [0.4, 0.5) is 5.69 Å². The highest BCUT2D eigenvalue weighted by Crippen LogP contribution is 2.38. The molecule has 23 heavy (non-hydrogen) atoms. The first kappa shape index (κ1) is 14.4. The first-order chi connectivity index (χ1) is 11.2. The second-order valence-electron chi connectivity index (χ2n) is 6.68. The highest BCUT2D eigenvalue weighted by Gasteiger charge is 2.40. The molecule has 120 valence electrons. The topological polar surface area (TPSA) is 61.8 Å². The van der Waals surface area contributed by atoms with Crippen LogP contribution in [0, 0.1) is 11.8 Å². The Morgan fingerprint density at radius 2 is 2.09 bits per heavy atom. The molecule has 0 bridgehead atoms. The highest BCUT2D eigenvalue weighted by molar-refractivity contribution is 6.08. The lowest BCUT2D eigenvalue weighted by Gasteiger charge is -2.25. The average Bonchev–Trinajstić information content (AvgIpc) is 3.14. The maximum atomic E-state index is 12.2. The standard InChI is InChI=1S/C18H21N3O2/c1-2-8-21-15-7-6-11(9-12(15)10-16(21)22)17-13-4-3-5-14(13)18(23)20-19-17/h6-7,9,13-14H,2-5,8,10H2,1H3,(H,20,23). The van der Waals surface area contributed by atoms with Gasteiger partial charge >= 0.3 is 0 Å². The molecule has 0 radical (unpaired) electrons. The van der Waals surface area contributed by atoms with Crippen molar-refractivity contribution in [2.75, 3.05) is 11.4 Å². The van der Waals surface area contributed by atoms with Gasteiger partial charge in [-0.1, -0.05) is 19.4 Å². The number of nitrogens with one attached hydrogen (secondary N) is 1. The van der Waals surface area contributed by atoms with Crippen molar-refractivity contribution in [3.63, 3.8) is 0 Å². The Morgan fingerprint density at radius 3 is 2.91 bits per heavy atom. The van der Waals surface area contributed by atoms with Crippen molar-refractivity contribution >= 4 is 23.2 Å². The summed E-state index contributed by atoms with van der Waals surface area (Å²) in [6.45, 7) is 2.85. The summed E-state index contributed by atoms with van der Waals surface area (Å²) in [6, 6.07) is 6.18. The lowest BCUT2D eigenvalue weighted by atomic mass is 9.85. The minimum atomic E-state index is 0.0571. The number of hydrogen-bond donors (Lipinski definition) is 1. The summed E-state index contributed by atoms with van der Waals surface area (Å²) in [5, 5.41) is 4.34. The molecule has 0 aromatic heterocycles. The first-order valence-electron chi connectivity index (χ1n) is 8.50. The number of fused-ring (bicyclic) bond motifs is 2. The number of rotatable bonds is 3. The van der Waals surface area contributed by atoms with E-state index in [0.29, 0.717) is 6.42 Å². The van der Waals surface area contributed by atoms with Gasteiger partial charge in [-0.15, -0.1) is 0 Å². The number of carbonyl (C=O) groups excluding carboxylic acids is 2. The van der Waals surface area contributed by atoms with Crippen LogP contribution in [0.15, 0.2) is 23.3 Å². The van der Waals surface area contributed by atoms with Crippen molar-refractivity contribution in [3.05, 3.63) is 29.3 Å². The highest BCUT2D eigenvalue weighted by atomic mass is 16.2. The monoisotopic (exact) mass is 311 g/mol. The molecule has 2 unspecified atom stereocenters. The van der Waals surface area contributed by atoms with Crippen LogP contribution in [0.2, 0.25) is 0 Å². The maximum Gasteiger partial charge on any atom is 0.243 e. The van der Waals surface area contributed by atoms with E-state index in [2.05, 4.69) is 23.5 Å². The van der Waals surface area contributed by atoms with Crippen LogP contribution in [0.3, 0.4) is 0 Å². The fourth-order valence-electron chi connectivity index (χ4n) is 4.17. The molecule has 0 saturated heterocycles. The van der Waals surface area contributed by atoms with Gasteiger partial charge in [0.15, 0.2) is 0 Å². The molecule has 5 nitrogen and oxygen atoms in total. The molecule has 1 aliphatic carbocycles. The van der Waals surface area contributed by atoms with E-state index >= 15 is 0 Å². The van der Waals surface area contributed by atoms with E-state index in [1.165, 1.54) is 0 Å². The summed E-state index contributed by atoms with van der Waals surface area (Å²) >= 11 is 0. The van der Waals surface area contributed by atoms with Crippen molar-refractivity contribution in [1.82, 2.24) is 5.43 Å². The number of nitrogens with zero attached hydrogens (tertiary/aromatic N) is 2. The van der Waals surface area contributed by atoms with E-state index in [1.807, 2.05) is 17.0 Å². The third-order valence-electron chi connectivity index (χ3n) is 5.25. The van der Waals surface area contributed by atoms with Crippen molar-refractivity contribution in [2.45, 2.75) is 39.0 Å². The quantitative estimate of drug-likeness (QED) is 0.930. The predicted molar refractivity (Wildman–Crippen MR) is 88.3 cm³/mol. The van der Waals surface area contributed by atoms with E-state index in [1.54, 1.807) is 0 Å². The Balaban J connectivity index is 1.68. The fourth-order valence-corrected chi connectivity index (χ4v) is 4.17. The van der Waals surface area contributed by atoms with E-state index in [4.69, 9.17) is 0 Å². The average molecular weight is 311 g/mol. The number of amides is 2. The van der Waals surface area contributed by atoms with Gasteiger partial charge in [-0.25, -0.2) is 5.43 Å². The lowest BCUT2D eigenvalue weighted by Crippen LogP contribution is -2.39. The Labute approximate surface area is 135 Å². The van der Waals surface area contributed by atoms with Crippen molar-refractivity contribution < 1.29 is 9.59 Å². The van der Waals surface area contributed by atoms with E-state index in [9.17, 15) is 9.59 Å². The lowest BCUT2D eigenvalue weighted by molar-refractivity contribution is -0.126. The molecule has 1 aromatic carbocycles. The molecule has 1 N–H and O–H groups in total. The molecule has 2 amide bonds. The summed E-state index contributed by atoms with van der Waals surface area (Å²) in [5.74, 6) is 0.526. The van der Waals surface area contributed by atoms with Crippen LogP contribution in [-0.4, -0.2) is 24.1 Å². The van der Waals surface area contributed by atoms with Crippen molar-refractivity contribution in [1.29, 1.82) is 0 Å². The van der Waals surface area contributed by atoms with E-state index in [0.717, 1.165) is 54.8 Å². The van der Waals surface area contributed by atoms with Gasteiger partial charge in [0.2, 0.25) is 11.8 Å². The summed E-state index contributed by atoms with van der Waals surface area (Å²) in [4.78, 5) is 26.0. The molecule has 0 spiro atoms. The summed E-state index contributed by atoms with van der Waals surface area (Å²) in [7, 11) is 0. The molecular formula is C18H21N3O2. The molecule has 1 saturated carbocycles. The third-order valence-corrected chi connectivity index (χ3v) is 5.25. The fraction of sp³-hybridized carbons (Fsp3) is 0.500. The third kappa shape index (κ3) is 2.26. The minimum Gasteiger partial charge on any atom is -0.312 e. The number of benzene rings is 1. The van der Waals surface area contributed by atoms with Gasteiger partial charge in [-0.3, -0.25) is 9.59 Å². The molecule has 2 atom stereocenters. The molecular weight excluding hydrogens is 290 g/mol. The smallest absolute Gasteiger partial charge is 0.243 e.